The Labute approximate surface area is 290 Å². The van der Waals surface area contributed by atoms with E-state index in [1.807, 2.05) is 25.2 Å². The SMILES string of the molecule is CNCOC1Cc2c3c(c4c(c2OC1c1ccc(O)c(OC)c1)CCC(CO)O4)-c1ccc(O)c2c1C(C3)C(c1ccc3c(c1)=CCN=3)C=C2. The third-order valence-electron chi connectivity index (χ3n) is 11.1. The molecule has 5 unspecified atom stereocenters. The highest BCUT2D eigenvalue weighted by Gasteiger charge is 2.44. The summed E-state index contributed by atoms with van der Waals surface area (Å²) in [5.41, 5.74) is 9.39. The Balaban J connectivity index is 1.25. The lowest BCUT2D eigenvalue weighted by molar-refractivity contribution is -0.0436. The lowest BCUT2D eigenvalue weighted by atomic mass is 9.65. The quantitative estimate of drug-likeness (QED) is 0.211. The van der Waals surface area contributed by atoms with Gasteiger partial charge >= 0.3 is 0 Å². The Morgan fingerprint density at radius 2 is 1.80 bits per heavy atom. The molecule has 0 saturated heterocycles. The summed E-state index contributed by atoms with van der Waals surface area (Å²) in [5.74, 6) is 2.40. The summed E-state index contributed by atoms with van der Waals surface area (Å²) in [6.45, 7) is 0.967. The number of hydrogen-bond acceptors (Lipinski definition) is 9. The van der Waals surface area contributed by atoms with Crippen LogP contribution in [0.25, 0.3) is 23.3 Å². The predicted octanol–water partition coefficient (Wildman–Crippen LogP) is 4.56. The summed E-state index contributed by atoms with van der Waals surface area (Å²) >= 11 is 0. The number of methoxy groups -OCH3 is 1. The Morgan fingerprint density at radius 3 is 2.64 bits per heavy atom. The largest absolute Gasteiger partial charge is 0.507 e. The molecule has 9 rings (SSSR count). The fraction of sp³-hybridized carbons (Fsp3) is 0.341. The molecular weight excluding hydrogens is 632 g/mol. The van der Waals surface area contributed by atoms with Gasteiger partial charge in [-0.3, -0.25) is 10.3 Å². The van der Waals surface area contributed by atoms with Crippen LogP contribution in [0, 0.1) is 0 Å². The summed E-state index contributed by atoms with van der Waals surface area (Å²) in [5, 5.41) is 37.1. The van der Waals surface area contributed by atoms with E-state index in [-0.39, 0.29) is 42.1 Å². The standard InChI is InChI=1S/C41H40N2O7/c1-42-20-48-36-18-31-30-17-29-25(21-3-10-32-22(15-21)13-14-43-32)7-8-26-33(45)12-9-27(37(26)29)38(30)41-28(6-5-24(19-44)49-41)40(31)50-39(36)23-4-11-34(46)35(16-23)47-2/h3-4,7-13,15-16,24-25,29,36,39,42,44-46H,5-6,14,17-20H2,1-2H3. The second kappa shape index (κ2) is 12.2. The van der Waals surface area contributed by atoms with Crippen molar-refractivity contribution in [3.8, 4) is 39.9 Å². The van der Waals surface area contributed by atoms with E-state index in [0.717, 1.165) is 61.4 Å². The number of phenols is 2. The molecule has 5 aliphatic rings. The van der Waals surface area contributed by atoms with Crippen molar-refractivity contribution < 1.29 is 34.3 Å². The Kier molecular flexibility index (Phi) is 7.60. The number of ether oxygens (including phenoxy) is 4. The third kappa shape index (κ3) is 4.82. The van der Waals surface area contributed by atoms with Crippen LogP contribution in [-0.2, 0) is 24.0 Å². The number of aromatic hydroxyl groups is 2. The first-order valence-electron chi connectivity index (χ1n) is 17.4. The predicted molar refractivity (Wildman–Crippen MR) is 189 cm³/mol. The van der Waals surface area contributed by atoms with E-state index in [9.17, 15) is 15.3 Å². The molecule has 4 aromatic carbocycles. The summed E-state index contributed by atoms with van der Waals surface area (Å²) in [6, 6.07) is 15.7. The lowest BCUT2D eigenvalue weighted by Crippen LogP contribution is -2.37. The smallest absolute Gasteiger partial charge is 0.160 e. The van der Waals surface area contributed by atoms with Gasteiger partial charge < -0.3 is 34.3 Å². The van der Waals surface area contributed by atoms with Gasteiger partial charge in [-0.25, -0.2) is 0 Å². The Morgan fingerprint density at radius 1 is 0.940 bits per heavy atom. The van der Waals surface area contributed by atoms with Gasteiger partial charge in [-0.2, -0.15) is 0 Å². The number of phenolic OH excluding ortho intramolecular Hbond substituents is 2. The fourth-order valence-electron chi connectivity index (χ4n) is 8.80. The van der Waals surface area contributed by atoms with Crippen molar-refractivity contribution >= 4 is 12.2 Å². The minimum absolute atomic E-state index is 0.0520. The van der Waals surface area contributed by atoms with Gasteiger partial charge in [0.25, 0.3) is 0 Å². The zero-order chi connectivity index (χ0) is 34.1. The number of aliphatic hydroxyl groups is 1. The van der Waals surface area contributed by atoms with Gasteiger partial charge in [-0.1, -0.05) is 36.4 Å². The van der Waals surface area contributed by atoms with Crippen molar-refractivity contribution in [3.63, 3.8) is 0 Å². The second-order valence-electron chi connectivity index (χ2n) is 13.8. The summed E-state index contributed by atoms with van der Waals surface area (Å²) < 4.78 is 25.7. The zero-order valence-corrected chi connectivity index (χ0v) is 28.1. The van der Waals surface area contributed by atoms with E-state index in [2.05, 4.69) is 46.7 Å². The van der Waals surface area contributed by atoms with Crippen molar-refractivity contribution in [2.24, 2.45) is 4.99 Å². The maximum absolute atomic E-state index is 11.2. The molecule has 0 bridgehead atoms. The average Bonchev–Trinajstić information content (AvgIpc) is 3.63. The van der Waals surface area contributed by atoms with Gasteiger partial charge in [-0.15, -0.1) is 0 Å². The summed E-state index contributed by atoms with van der Waals surface area (Å²) in [7, 11) is 3.39. The van der Waals surface area contributed by atoms with E-state index in [1.165, 1.54) is 17.9 Å². The van der Waals surface area contributed by atoms with E-state index >= 15 is 0 Å². The van der Waals surface area contributed by atoms with Crippen LogP contribution in [0.3, 0.4) is 0 Å². The molecule has 2 aliphatic carbocycles. The number of aliphatic hydroxyl groups excluding tert-OH is 1. The number of allylic oxidation sites excluding steroid dienone is 1. The molecule has 50 heavy (non-hydrogen) atoms. The van der Waals surface area contributed by atoms with Gasteiger partial charge in [0.15, 0.2) is 17.6 Å². The molecule has 9 heteroatoms. The normalized spacial score (nSPS) is 23.5. The van der Waals surface area contributed by atoms with Crippen LogP contribution < -0.4 is 30.1 Å². The van der Waals surface area contributed by atoms with Crippen molar-refractivity contribution in [2.45, 2.75) is 55.8 Å². The van der Waals surface area contributed by atoms with E-state index in [0.29, 0.717) is 44.7 Å². The topological polar surface area (TPSA) is 122 Å². The minimum atomic E-state index is -0.471. The molecule has 0 radical (unpaired) electrons. The van der Waals surface area contributed by atoms with Crippen LogP contribution in [0.5, 0.6) is 28.7 Å². The van der Waals surface area contributed by atoms with Crippen molar-refractivity contribution in [2.75, 3.05) is 34.0 Å². The first-order valence-corrected chi connectivity index (χ1v) is 17.4. The zero-order valence-electron chi connectivity index (χ0n) is 28.1. The molecule has 256 valence electrons. The minimum Gasteiger partial charge on any atom is -0.507 e. The maximum Gasteiger partial charge on any atom is 0.160 e. The highest BCUT2D eigenvalue weighted by Crippen LogP contribution is 2.59. The molecule has 4 aromatic rings. The summed E-state index contributed by atoms with van der Waals surface area (Å²) in [4.78, 5) is 4.61. The van der Waals surface area contributed by atoms with Crippen LogP contribution in [0.1, 0.15) is 63.3 Å². The fourth-order valence-corrected chi connectivity index (χ4v) is 8.80. The van der Waals surface area contributed by atoms with Gasteiger partial charge in [-0.05, 0) is 95.6 Å². The van der Waals surface area contributed by atoms with Gasteiger partial charge in [0.2, 0.25) is 0 Å². The van der Waals surface area contributed by atoms with Crippen molar-refractivity contribution in [1.29, 1.82) is 0 Å². The third-order valence-corrected chi connectivity index (χ3v) is 11.1. The van der Waals surface area contributed by atoms with Gasteiger partial charge in [0, 0.05) is 34.6 Å². The first kappa shape index (κ1) is 31.2. The van der Waals surface area contributed by atoms with Crippen LogP contribution in [0.15, 0.2) is 59.6 Å². The Hall–Kier alpha value is -4.83. The highest BCUT2D eigenvalue weighted by atomic mass is 16.6. The van der Waals surface area contributed by atoms with E-state index in [4.69, 9.17) is 18.9 Å². The molecule has 0 aromatic heterocycles. The molecule has 3 heterocycles. The molecule has 4 N–H and O–H groups in total. The maximum atomic E-state index is 11.2. The number of nitrogens with zero attached hydrogens (tertiary/aromatic N) is 1. The Bertz CT molecular complexity index is 2190. The van der Waals surface area contributed by atoms with E-state index < -0.39 is 6.10 Å². The van der Waals surface area contributed by atoms with Crippen LogP contribution >= 0.6 is 0 Å². The number of hydrogen-bond donors (Lipinski definition) is 4. The molecule has 9 nitrogen and oxygen atoms in total. The lowest BCUT2D eigenvalue weighted by Gasteiger charge is -2.43. The average molecular weight is 673 g/mol. The number of rotatable bonds is 7. The molecule has 5 atom stereocenters. The molecule has 0 fully saturated rings. The molecule has 3 aliphatic heterocycles. The first-order chi connectivity index (χ1) is 24.5. The number of nitrogens with one attached hydrogen (secondary N) is 1. The van der Waals surface area contributed by atoms with Gasteiger partial charge in [0.1, 0.15) is 29.5 Å². The van der Waals surface area contributed by atoms with Crippen LogP contribution in [0.4, 0.5) is 0 Å². The van der Waals surface area contributed by atoms with Crippen molar-refractivity contribution in [1.82, 2.24) is 5.32 Å². The highest BCUT2D eigenvalue weighted by molar-refractivity contribution is 5.88. The molecule has 0 saturated carbocycles. The molecule has 0 amide bonds. The summed E-state index contributed by atoms with van der Waals surface area (Å²) in [6.07, 6.45) is 8.01. The van der Waals surface area contributed by atoms with Crippen molar-refractivity contribution in [3.05, 3.63) is 104 Å². The molecular formula is C41H40N2O7. The molecule has 0 spiro atoms. The van der Waals surface area contributed by atoms with Crippen LogP contribution in [0.2, 0.25) is 0 Å². The van der Waals surface area contributed by atoms with Gasteiger partial charge in [0.05, 0.1) is 32.3 Å². The monoisotopic (exact) mass is 672 g/mol. The second-order valence-corrected chi connectivity index (χ2v) is 13.8. The van der Waals surface area contributed by atoms with E-state index in [1.54, 1.807) is 12.1 Å². The number of benzene rings is 4. The van der Waals surface area contributed by atoms with Crippen LogP contribution in [-0.4, -0.2) is 61.6 Å². The number of fused-ring (bicyclic) bond motifs is 8.